The van der Waals surface area contributed by atoms with E-state index in [1.165, 1.54) is 5.56 Å². The van der Waals surface area contributed by atoms with E-state index in [2.05, 4.69) is 32.9 Å². The number of hydrogen-bond acceptors (Lipinski definition) is 2. The van der Waals surface area contributed by atoms with Gasteiger partial charge in [0.1, 0.15) is 0 Å². The van der Waals surface area contributed by atoms with E-state index in [1.54, 1.807) is 11.8 Å². The third-order valence-electron chi connectivity index (χ3n) is 3.03. The van der Waals surface area contributed by atoms with E-state index < -0.39 is 0 Å². The molecule has 0 radical (unpaired) electrons. The average Bonchev–Trinajstić information content (AvgIpc) is 2.24. The lowest BCUT2D eigenvalue weighted by Crippen LogP contribution is -2.10. The molecule has 1 atom stereocenters. The van der Waals surface area contributed by atoms with Crippen LogP contribution in [-0.4, -0.2) is 16.8 Å². The van der Waals surface area contributed by atoms with Gasteiger partial charge in [-0.05, 0) is 38.3 Å². The van der Waals surface area contributed by atoms with E-state index in [9.17, 15) is 4.79 Å². The van der Waals surface area contributed by atoms with Crippen LogP contribution >= 0.6 is 11.8 Å². The Hall–Kier alpha value is -0.760. The largest absolute Gasteiger partial charge is 0.293 e. The lowest BCUT2D eigenvalue weighted by molar-refractivity contribution is 0.102. The predicted octanol–water partition coefficient (Wildman–Crippen LogP) is 4.33. The molecule has 1 rings (SSSR count). The van der Waals surface area contributed by atoms with Gasteiger partial charge < -0.3 is 0 Å². The number of carbonyl (C=O) groups is 1. The van der Waals surface area contributed by atoms with E-state index in [0.717, 1.165) is 23.1 Å². The Labute approximate surface area is 109 Å². The topological polar surface area (TPSA) is 17.1 Å². The Morgan fingerprint density at radius 2 is 1.76 bits per heavy atom. The smallest absolute Gasteiger partial charge is 0.173 e. The molecule has 0 N–H and O–H groups in total. The molecule has 2 heteroatoms. The summed E-state index contributed by atoms with van der Waals surface area (Å²) in [5, 5.41) is 0.560. The summed E-state index contributed by atoms with van der Waals surface area (Å²) in [6, 6.07) is 4.18. The third kappa shape index (κ3) is 3.88. The van der Waals surface area contributed by atoms with Crippen LogP contribution in [0.1, 0.15) is 47.3 Å². The summed E-state index contributed by atoms with van der Waals surface area (Å²) in [5.41, 5.74) is 4.37. The number of carbonyl (C=O) groups excluding carboxylic acids is 1. The Bertz CT molecular complexity index is 386. The van der Waals surface area contributed by atoms with Gasteiger partial charge in [0.15, 0.2) is 5.78 Å². The molecule has 1 unspecified atom stereocenters. The number of ketones is 1. The highest BCUT2D eigenvalue weighted by Crippen LogP contribution is 2.21. The Kier molecular flexibility index (Phi) is 5.26. The summed E-state index contributed by atoms with van der Waals surface area (Å²) < 4.78 is 0. The van der Waals surface area contributed by atoms with Crippen molar-refractivity contribution in [2.45, 2.75) is 46.3 Å². The molecule has 0 aliphatic heterocycles. The molecular formula is C15H22OS. The highest BCUT2D eigenvalue weighted by atomic mass is 32.2. The zero-order valence-corrected chi connectivity index (χ0v) is 12.3. The van der Waals surface area contributed by atoms with E-state index in [0.29, 0.717) is 11.0 Å². The number of rotatable bonds is 5. The first-order chi connectivity index (χ1) is 7.95. The Morgan fingerprint density at radius 3 is 2.24 bits per heavy atom. The number of aryl methyl sites for hydroxylation is 3. The summed E-state index contributed by atoms with van der Waals surface area (Å²) in [5.74, 6) is 0.866. The molecule has 0 saturated heterocycles. The lowest BCUT2D eigenvalue weighted by atomic mass is 9.97. The Balaban J connectivity index is 2.82. The number of hydrogen-bond donors (Lipinski definition) is 0. The molecule has 0 amide bonds. The molecule has 0 aliphatic rings. The number of benzene rings is 1. The molecule has 0 aliphatic carbocycles. The fraction of sp³-hybridized carbons (Fsp3) is 0.533. The first kappa shape index (κ1) is 14.3. The van der Waals surface area contributed by atoms with E-state index in [1.807, 2.05) is 13.8 Å². The second-order valence-corrected chi connectivity index (χ2v) is 6.15. The standard InChI is InChI=1S/C15H22OS/c1-6-13(5)17-9-14(16)15-11(3)7-10(2)8-12(15)4/h7-8,13H,6,9H2,1-5H3. The molecule has 1 nitrogen and oxygen atoms in total. The van der Waals surface area contributed by atoms with Crippen molar-refractivity contribution < 1.29 is 4.79 Å². The van der Waals surface area contributed by atoms with Crippen molar-refractivity contribution in [1.29, 1.82) is 0 Å². The summed E-state index contributed by atoms with van der Waals surface area (Å²) in [6.45, 7) is 10.5. The molecule has 0 bridgehead atoms. The van der Waals surface area contributed by atoms with Gasteiger partial charge in [-0.1, -0.05) is 31.5 Å². The van der Waals surface area contributed by atoms with Crippen molar-refractivity contribution in [1.82, 2.24) is 0 Å². The predicted molar refractivity (Wildman–Crippen MR) is 77.2 cm³/mol. The van der Waals surface area contributed by atoms with Crippen molar-refractivity contribution >= 4 is 17.5 Å². The summed E-state index contributed by atoms with van der Waals surface area (Å²) >= 11 is 1.75. The first-order valence-corrected chi connectivity index (χ1v) is 7.23. The van der Waals surface area contributed by atoms with Crippen LogP contribution in [0.3, 0.4) is 0 Å². The maximum atomic E-state index is 12.2. The van der Waals surface area contributed by atoms with Crippen LogP contribution in [0.15, 0.2) is 12.1 Å². The van der Waals surface area contributed by atoms with Gasteiger partial charge in [0.2, 0.25) is 0 Å². The highest BCUT2D eigenvalue weighted by Gasteiger charge is 2.13. The van der Waals surface area contributed by atoms with Gasteiger partial charge >= 0.3 is 0 Å². The molecular weight excluding hydrogens is 228 g/mol. The molecule has 0 aromatic heterocycles. The quantitative estimate of drug-likeness (QED) is 0.724. The van der Waals surface area contributed by atoms with Crippen LogP contribution in [0.4, 0.5) is 0 Å². The summed E-state index contributed by atoms with van der Waals surface area (Å²) in [7, 11) is 0. The highest BCUT2D eigenvalue weighted by molar-refractivity contribution is 8.00. The monoisotopic (exact) mass is 250 g/mol. The fourth-order valence-corrected chi connectivity index (χ4v) is 2.84. The van der Waals surface area contributed by atoms with E-state index in [-0.39, 0.29) is 5.78 Å². The van der Waals surface area contributed by atoms with Gasteiger partial charge in [0.25, 0.3) is 0 Å². The van der Waals surface area contributed by atoms with Crippen LogP contribution in [-0.2, 0) is 0 Å². The molecule has 1 aromatic carbocycles. The minimum absolute atomic E-state index is 0.269. The maximum Gasteiger partial charge on any atom is 0.173 e. The van der Waals surface area contributed by atoms with Gasteiger partial charge in [-0.15, -0.1) is 0 Å². The zero-order valence-electron chi connectivity index (χ0n) is 11.5. The SMILES string of the molecule is CCC(C)SCC(=O)c1c(C)cc(C)cc1C. The van der Waals surface area contributed by atoms with Crippen molar-refractivity contribution in [3.63, 3.8) is 0 Å². The molecule has 0 saturated carbocycles. The van der Waals surface area contributed by atoms with Crippen LogP contribution in [0, 0.1) is 20.8 Å². The summed E-state index contributed by atoms with van der Waals surface area (Å²) in [4.78, 5) is 12.2. The Morgan fingerprint density at radius 1 is 1.24 bits per heavy atom. The minimum atomic E-state index is 0.269. The van der Waals surface area contributed by atoms with Crippen LogP contribution < -0.4 is 0 Å². The number of thioether (sulfide) groups is 1. The minimum Gasteiger partial charge on any atom is -0.293 e. The van der Waals surface area contributed by atoms with Gasteiger partial charge in [0, 0.05) is 10.8 Å². The van der Waals surface area contributed by atoms with Gasteiger partial charge in [-0.3, -0.25) is 4.79 Å². The van der Waals surface area contributed by atoms with Crippen molar-refractivity contribution in [2.75, 3.05) is 5.75 Å². The molecule has 1 aromatic rings. The number of Topliss-reactive ketones (excluding diaryl/α,β-unsaturated/α-hetero) is 1. The van der Waals surface area contributed by atoms with Crippen LogP contribution in [0.25, 0.3) is 0 Å². The zero-order chi connectivity index (χ0) is 13.0. The van der Waals surface area contributed by atoms with Crippen LogP contribution in [0.5, 0.6) is 0 Å². The second kappa shape index (κ2) is 6.25. The maximum absolute atomic E-state index is 12.2. The van der Waals surface area contributed by atoms with Gasteiger partial charge in [0.05, 0.1) is 5.75 Å². The normalized spacial score (nSPS) is 12.5. The lowest BCUT2D eigenvalue weighted by Gasteiger charge is -2.12. The second-order valence-electron chi connectivity index (χ2n) is 4.73. The third-order valence-corrected chi connectivity index (χ3v) is 4.36. The van der Waals surface area contributed by atoms with E-state index >= 15 is 0 Å². The average molecular weight is 250 g/mol. The molecule has 0 spiro atoms. The van der Waals surface area contributed by atoms with Crippen LogP contribution in [0.2, 0.25) is 0 Å². The first-order valence-electron chi connectivity index (χ1n) is 6.18. The van der Waals surface area contributed by atoms with Gasteiger partial charge in [-0.2, -0.15) is 11.8 Å². The van der Waals surface area contributed by atoms with E-state index in [4.69, 9.17) is 0 Å². The van der Waals surface area contributed by atoms with Crippen molar-refractivity contribution in [2.24, 2.45) is 0 Å². The van der Waals surface area contributed by atoms with Crippen molar-refractivity contribution in [3.8, 4) is 0 Å². The molecule has 0 fully saturated rings. The van der Waals surface area contributed by atoms with Gasteiger partial charge in [-0.25, -0.2) is 0 Å². The molecule has 94 valence electrons. The molecule has 0 heterocycles. The molecule has 17 heavy (non-hydrogen) atoms. The summed E-state index contributed by atoms with van der Waals surface area (Å²) in [6.07, 6.45) is 1.11. The fourth-order valence-electron chi connectivity index (χ4n) is 2.03. The van der Waals surface area contributed by atoms with Crippen molar-refractivity contribution in [3.05, 3.63) is 34.4 Å².